The smallest absolute Gasteiger partial charge is 0.242 e. The van der Waals surface area contributed by atoms with Crippen LogP contribution >= 0.6 is 23.2 Å². The van der Waals surface area contributed by atoms with E-state index < -0.39 is 16.1 Å². The fraction of sp³-hybridized carbons (Fsp3) is 0.417. The van der Waals surface area contributed by atoms with Gasteiger partial charge in [-0.15, -0.1) is 0 Å². The largest absolute Gasteiger partial charge is 0.355 e. The van der Waals surface area contributed by atoms with Crippen molar-refractivity contribution in [3.63, 3.8) is 0 Å². The van der Waals surface area contributed by atoms with Crippen LogP contribution in [0.4, 0.5) is 5.69 Å². The monoisotopic (exact) mass is 527 g/mol. The van der Waals surface area contributed by atoms with Gasteiger partial charge in [0.05, 0.1) is 11.9 Å². The lowest BCUT2D eigenvalue weighted by Gasteiger charge is -2.31. The van der Waals surface area contributed by atoms with Gasteiger partial charge in [0.25, 0.3) is 0 Å². The first-order valence-electron chi connectivity index (χ1n) is 11.1. The molecule has 7 nitrogen and oxygen atoms in total. The van der Waals surface area contributed by atoms with Crippen LogP contribution in [0.15, 0.2) is 48.5 Å². The van der Waals surface area contributed by atoms with Gasteiger partial charge < -0.3 is 10.2 Å². The molecule has 0 aliphatic rings. The van der Waals surface area contributed by atoms with Crippen LogP contribution in [0, 0.1) is 0 Å². The number of carbonyl (C=O) groups is 2. The molecule has 2 aromatic carbocycles. The number of sulfonamides is 1. The van der Waals surface area contributed by atoms with Gasteiger partial charge in [0, 0.05) is 36.1 Å². The Morgan fingerprint density at radius 2 is 1.71 bits per heavy atom. The van der Waals surface area contributed by atoms with Gasteiger partial charge in [0.15, 0.2) is 0 Å². The normalized spacial score (nSPS) is 12.1. The van der Waals surface area contributed by atoms with E-state index in [2.05, 4.69) is 5.32 Å². The fourth-order valence-corrected chi connectivity index (χ4v) is 4.90. The lowest BCUT2D eigenvalue weighted by atomic mass is 10.1. The van der Waals surface area contributed by atoms with Crippen molar-refractivity contribution in [2.24, 2.45) is 0 Å². The number of anilines is 1. The predicted octanol–water partition coefficient (Wildman–Crippen LogP) is 4.48. The highest BCUT2D eigenvalue weighted by Gasteiger charge is 2.28. The van der Waals surface area contributed by atoms with Crippen molar-refractivity contribution in [3.8, 4) is 0 Å². The number of hydrogen-bond donors (Lipinski definition) is 1. The lowest BCUT2D eigenvalue weighted by molar-refractivity contribution is -0.141. The van der Waals surface area contributed by atoms with Crippen molar-refractivity contribution >= 4 is 50.7 Å². The Bertz CT molecular complexity index is 1080. The zero-order chi connectivity index (χ0) is 25.3. The summed E-state index contributed by atoms with van der Waals surface area (Å²) in [5.41, 5.74) is 1.28. The number of likely N-dealkylation sites (N-methyl/N-ethyl adjacent to an activating group) is 1. The van der Waals surface area contributed by atoms with Gasteiger partial charge in [-0.25, -0.2) is 8.42 Å². The standard InChI is InChI=1S/C24H31Cl2N3O4S/c1-4-22(24(31)27-5-2)28(17-18-11-13-19(25)14-12-18)23(30)10-7-15-29(34(3,32)33)21-9-6-8-20(26)16-21/h6,8-9,11-14,16,22H,4-5,7,10,15,17H2,1-3H3,(H,27,31)/t22-/m0/s1. The molecule has 0 aromatic heterocycles. The Morgan fingerprint density at radius 3 is 2.26 bits per heavy atom. The average molecular weight is 529 g/mol. The summed E-state index contributed by atoms with van der Waals surface area (Å²) in [6.07, 6.45) is 1.92. The molecule has 0 radical (unpaired) electrons. The van der Waals surface area contributed by atoms with Gasteiger partial charge in [-0.05, 0) is 55.7 Å². The van der Waals surface area contributed by atoms with Crippen molar-refractivity contribution < 1.29 is 18.0 Å². The summed E-state index contributed by atoms with van der Waals surface area (Å²) in [6, 6.07) is 13.0. The number of carbonyl (C=O) groups excluding carboxylic acids is 2. The summed E-state index contributed by atoms with van der Waals surface area (Å²) in [5, 5.41) is 3.80. The quantitative estimate of drug-likeness (QED) is 0.440. The maximum atomic E-state index is 13.3. The second kappa shape index (κ2) is 13.0. The van der Waals surface area contributed by atoms with E-state index in [0.717, 1.165) is 11.8 Å². The number of nitrogens with zero attached hydrogens (tertiary/aromatic N) is 2. The molecule has 186 valence electrons. The fourth-order valence-electron chi connectivity index (χ4n) is 3.63. The first kappa shape index (κ1) is 28.0. The molecule has 0 fully saturated rings. The van der Waals surface area contributed by atoms with E-state index in [1.54, 1.807) is 41.3 Å². The maximum Gasteiger partial charge on any atom is 0.242 e. The predicted molar refractivity (Wildman–Crippen MR) is 138 cm³/mol. The highest BCUT2D eigenvalue weighted by Crippen LogP contribution is 2.23. The zero-order valence-electron chi connectivity index (χ0n) is 19.6. The molecule has 0 aliphatic carbocycles. The van der Waals surface area contributed by atoms with Gasteiger partial charge in [-0.3, -0.25) is 13.9 Å². The minimum atomic E-state index is -3.57. The number of benzene rings is 2. The minimum absolute atomic E-state index is 0.0794. The molecule has 10 heteroatoms. The number of rotatable bonds is 12. The summed E-state index contributed by atoms with van der Waals surface area (Å²) in [4.78, 5) is 27.5. The summed E-state index contributed by atoms with van der Waals surface area (Å²) in [6.45, 7) is 4.49. The SMILES string of the molecule is CCNC(=O)[C@H](CC)N(Cc1ccc(Cl)cc1)C(=O)CCCN(c1cccc(Cl)c1)S(C)(=O)=O. The topological polar surface area (TPSA) is 86.8 Å². The highest BCUT2D eigenvalue weighted by atomic mass is 35.5. The molecular weight excluding hydrogens is 497 g/mol. The summed E-state index contributed by atoms with van der Waals surface area (Å²) >= 11 is 12.0. The molecule has 1 atom stereocenters. The van der Waals surface area contributed by atoms with Crippen LogP contribution < -0.4 is 9.62 Å². The van der Waals surface area contributed by atoms with Crippen molar-refractivity contribution in [1.82, 2.24) is 10.2 Å². The Labute approximate surface area is 212 Å². The van der Waals surface area contributed by atoms with Crippen LogP contribution in [0.1, 0.15) is 38.7 Å². The van der Waals surface area contributed by atoms with Crippen molar-refractivity contribution in [1.29, 1.82) is 0 Å². The van der Waals surface area contributed by atoms with Gasteiger partial charge in [0.2, 0.25) is 21.8 Å². The van der Waals surface area contributed by atoms with E-state index in [1.165, 1.54) is 4.31 Å². The molecular formula is C24H31Cl2N3O4S. The number of hydrogen-bond acceptors (Lipinski definition) is 4. The molecule has 2 aromatic rings. The number of halogens is 2. The molecule has 1 N–H and O–H groups in total. The molecule has 0 bridgehead atoms. The van der Waals surface area contributed by atoms with Crippen LogP contribution in [-0.2, 0) is 26.2 Å². The second-order valence-electron chi connectivity index (χ2n) is 7.89. The van der Waals surface area contributed by atoms with Crippen LogP contribution in [0.5, 0.6) is 0 Å². The van der Waals surface area contributed by atoms with Crippen LogP contribution in [0.3, 0.4) is 0 Å². The first-order chi connectivity index (χ1) is 16.1. The molecule has 0 aliphatic heterocycles. The Hall–Kier alpha value is -2.29. The Balaban J connectivity index is 2.19. The van der Waals surface area contributed by atoms with Crippen LogP contribution in [0.2, 0.25) is 10.0 Å². The summed E-state index contributed by atoms with van der Waals surface area (Å²) in [5.74, 6) is -0.448. The highest BCUT2D eigenvalue weighted by molar-refractivity contribution is 7.92. The van der Waals surface area contributed by atoms with E-state index in [4.69, 9.17) is 23.2 Å². The van der Waals surface area contributed by atoms with Crippen molar-refractivity contribution in [2.45, 2.75) is 45.7 Å². The van der Waals surface area contributed by atoms with E-state index in [0.29, 0.717) is 28.7 Å². The lowest BCUT2D eigenvalue weighted by Crippen LogP contribution is -2.49. The van der Waals surface area contributed by atoms with Crippen molar-refractivity contribution in [2.75, 3.05) is 23.7 Å². The van der Waals surface area contributed by atoms with Gasteiger partial charge in [-0.1, -0.05) is 48.3 Å². The van der Waals surface area contributed by atoms with Gasteiger partial charge in [-0.2, -0.15) is 0 Å². The number of amides is 2. The molecule has 34 heavy (non-hydrogen) atoms. The molecule has 0 saturated carbocycles. The van der Waals surface area contributed by atoms with Crippen molar-refractivity contribution in [3.05, 3.63) is 64.1 Å². The van der Waals surface area contributed by atoms with Gasteiger partial charge >= 0.3 is 0 Å². The first-order valence-corrected chi connectivity index (χ1v) is 13.7. The van der Waals surface area contributed by atoms with Crippen LogP contribution in [0.25, 0.3) is 0 Å². The third-order valence-electron chi connectivity index (χ3n) is 5.25. The summed E-state index contributed by atoms with van der Waals surface area (Å²) in [7, 11) is -3.57. The summed E-state index contributed by atoms with van der Waals surface area (Å²) < 4.78 is 26.0. The molecule has 0 unspecified atom stereocenters. The molecule has 0 spiro atoms. The molecule has 0 heterocycles. The van der Waals surface area contributed by atoms with Gasteiger partial charge in [0.1, 0.15) is 6.04 Å². The van der Waals surface area contributed by atoms with E-state index >= 15 is 0 Å². The Morgan fingerprint density at radius 1 is 1.03 bits per heavy atom. The zero-order valence-corrected chi connectivity index (χ0v) is 22.0. The third kappa shape index (κ3) is 8.18. The second-order valence-corrected chi connectivity index (χ2v) is 10.7. The molecule has 0 saturated heterocycles. The number of nitrogens with one attached hydrogen (secondary N) is 1. The van der Waals surface area contributed by atoms with E-state index in [1.807, 2.05) is 26.0 Å². The van der Waals surface area contributed by atoms with Crippen LogP contribution in [-0.4, -0.2) is 50.5 Å². The van der Waals surface area contributed by atoms with E-state index in [-0.39, 0.29) is 37.7 Å². The third-order valence-corrected chi connectivity index (χ3v) is 6.93. The average Bonchev–Trinajstić information content (AvgIpc) is 2.77. The molecule has 2 rings (SSSR count). The maximum absolute atomic E-state index is 13.3. The minimum Gasteiger partial charge on any atom is -0.355 e. The van der Waals surface area contributed by atoms with E-state index in [9.17, 15) is 18.0 Å². The molecule has 2 amide bonds. The Kier molecular flexibility index (Phi) is 10.7.